The molecule has 0 spiro atoms. The van der Waals surface area contributed by atoms with Crippen molar-refractivity contribution in [2.24, 2.45) is 29.1 Å². The summed E-state index contributed by atoms with van der Waals surface area (Å²) in [6, 6.07) is 0. The normalized spacial score (nSPS) is 50.8. The van der Waals surface area contributed by atoms with Crippen LogP contribution in [0.3, 0.4) is 0 Å². The molecule has 0 aromatic rings. The molecule has 2 fully saturated rings. The minimum absolute atomic E-state index is 0.0517. The fourth-order valence-electron chi connectivity index (χ4n) is 6.85. The van der Waals surface area contributed by atoms with Gasteiger partial charge in [0.2, 0.25) is 0 Å². The summed E-state index contributed by atoms with van der Waals surface area (Å²) in [7, 11) is 0. The molecule has 0 radical (unpaired) electrons. The first-order valence-corrected chi connectivity index (χ1v) is 9.41. The number of fused-ring (bicyclic) bond motifs is 4. The second-order valence-corrected chi connectivity index (χ2v) is 8.81. The molecule has 3 unspecified atom stereocenters. The summed E-state index contributed by atoms with van der Waals surface area (Å²) >= 11 is 0. The van der Waals surface area contributed by atoms with E-state index in [1.165, 1.54) is 38.5 Å². The van der Waals surface area contributed by atoms with Crippen molar-refractivity contribution in [1.82, 2.24) is 0 Å². The topological polar surface area (TPSA) is 20.2 Å². The number of terminal acetylenes is 1. The third-order valence-corrected chi connectivity index (χ3v) is 8.02. The third kappa shape index (κ3) is 1.77. The number of allylic oxidation sites excluding steroid dienone is 2. The van der Waals surface area contributed by atoms with Crippen LogP contribution in [0.1, 0.15) is 71.6 Å². The summed E-state index contributed by atoms with van der Waals surface area (Å²) < 4.78 is 0. The molecule has 0 saturated heterocycles. The first-order chi connectivity index (χ1) is 10.5. The van der Waals surface area contributed by atoms with E-state index in [1.807, 2.05) is 11.1 Å². The molecule has 2 saturated carbocycles. The zero-order valence-electron chi connectivity index (χ0n) is 14.2. The highest BCUT2D eigenvalue weighted by atomic mass is 16.3. The van der Waals surface area contributed by atoms with Crippen LogP contribution in [0, 0.1) is 41.4 Å². The fraction of sp³-hybridized carbons (Fsp3) is 0.810. The van der Waals surface area contributed by atoms with E-state index in [-0.39, 0.29) is 5.41 Å². The molecular formula is C21H30O. The molecule has 6 atom stereocenters. The van der Waals surface area contributed by atoms with E-state index in [9.17, 15) is 5.11 Å². The summed E-state index contributed by atoms with van der Waals surface area (Å²) in [5, 5.41) is 11.0. The summed E-state index contributed by atoms with van der Waals surface area (Å²) in [4.78, 5) is 0. The molecule has 1 N–H and O–H groups in total. The highest BCUT2D eigenvalue weighted by Crippen LogP contribution is 2.65. The van der Waals surface area contributed by atoms with E-state index in [0.717, 1.165) is 37.0 Å². The number of aliphatic hydroxyl groups is 1. The Hall–Kier alpha value is -0.740. The first-order valence-electron chi connectivity index (χ1n) is 9.41. The van der Waals surface area contributed by atoms with Crippen molar-refractivity contribution < 1.29 is 5.11 Å². The van der Waals surface area contributed by atoms with Crippen molar-refractivity contribution in [2.45, 2.75) is 77.2 Å². The molecule has 0 aromatic carbocycles. The average molecular weight is 298 g/mol. The van der Waals surface area contributed by atoms with Crippen LogP contribution in [0.5, 0.6) is 0 Å². The van der Waals surface area contributed by atoms with Gasteiger partial charge in [-0.3, -0.25) is 0 Å². The van der Waals surface area contributed by atoms with E-state index in [1.54, 1.807) is 0 Å². The molecule has 4 aliphatic rings. The van der Waals surface area contributed by atoms with E-state index >= 15 is 0 Å². The van der Waals surface area contributed by atoms with Crippen molar-refractivity contribution >= 4 is 0 Å². The molecular weight excluding hydrogens is 268 g/mol. The Kier molecular flexibility index (Phi) is 3.29. The lowest BCUT2D eigenvalue weighted by molar-refractivity contribution is -0.0807. The maximum Gasteiger partial charge on any atom is 0.130 e. The molecule has 1 heteroatoms. The van der Waals surface area contributed by atoms with E-state index in [4.69, 9.17) is 6.42 Å². The molecule has 0 amide bonds. The summed E-state index contributed by atoms with van der Waals surface area (Å²) in [5.41, 5.74) is 2.74. The third-order valence-electron chi connectivity index (χ3n) is 8.02. The Labute approximate surface area is 135 Å². The number of hydrogen-bond acceptors (Lipinski definition) is 1. The largest absolute Gasteiger partial charge is 0.377 e. The molecule has 120 valence electrons. The van der Waals surface area contributed by atoms with Gasteiger partial charge >= 0.3 is 0 Å². The molecule has 1 nitrogen and oxygen atoms in total. The van der Waals surface area contributed by atoms with Crippen LogP contribution in [-0.4, -0.2) is 10.7 Å². The van der Waals surface area contributed by atoms with Crippen LogP contribution in [0.25, 0.3) is 0 Å². The van der Waals surface area contributed by atoms with Crippen LogP contribution >= 0.6 is 0 Å². The Morgan fingerprint density at radius 2 is 1.95 bits per heavy atom. The maximum atomic E-state index is 11.0. The lowest BCUT2D eigenvalue weighted by Gasteiger charge is -2.55. The van der Waals surface area contributed by atoms with Crippen LogP contribution in [0.15, 0.2) is 11.1 Å². The van der Waals surface area contributed by atoms with Crippen molar-refractivity contribution in [1.29, 1.82) is 0 Å². The zero-order valence-corrected chi connectivity index (χ0v) is 14.2. The lowest BCUT2D eigenvalue weighted by atomic mass is 9.50. The second-order valence-electron chi connectivity index (χ2n) is 8.81. The average Bonchev–Trinajstić information content (AvgIpc) is 2.80. The maximum absolute atomic E-state index is 11.0. The predicted molar refractivity (Wildman–Crippen MR) is 90.1 cm³/mol. The van der Waals surface area contributed by atoms with Crippen molar-refractivity contribution in [3.63, 3.8) is 0 Å². The van der Waals surface area contributed by atoms with Crippen molar-refractivity contribution in [3.8, 4) is 12.3 Å². The van der Waals surface area contributed by atoms with Crippen molar-refractivity contribution in [3.05, 3.63) is 11.1 Å². The Bertz CT molecular complexity index is 553. The van der Waals surface area contributed by atoms with Gasteiger partial charge in [0.1, 0.15) is 5.60 Å². The summed E-state index contributed by atoms with van der Waals surface area (Å²) in [6.07, 6.45) is 16.9. The van der Waals surface area contributed by atoms with Crippen molar-refractivity contribution in [2.75, 3.05) is 0 Å². The van der Waals surface area contributed by atoms with Gasteiger partial charge in [-0.1, -0.05) is 30.9 Å². The van der Waals surface area contributed by atoms with Crippen LogP contribution in [0.2, 0.25) is 0 Å². The highest BCUT2D eigenvalue weighted by Gasteiger charge is 2.62. The lowest BCUT2D eigenvalue weighted by Crippen LogP contribution is -2.52. The molecule has 4 aliphatic carbocycles. The highest BCUT2D eigenvalue weighted by molar-refractivity contribution is 5.30. The van der Waals surface area contributed by atoms with Gasteiger partial charge in [-0.2, -0.15) is 0 Å². The SMILES string of the molecule is C#C[C@]1(O)CCC2C3C(CC[C@@]21C)C1=C(CCCC1)C[C@H]3C. The fourth-order valence-corrected chi connectivity index (χ4v) is 6.85. The molecule has 0 bridgehead atoms. The summed E-state index contributed by atoms with van der Waals surface area (Å²) in [6.45, 7) is 4.76. The van der Waals surface area contributed by atoms with Gasteiger partial charge in [-0.05, 0) is 81.5 Å². The predicted octanol–water partition coefficient (Wildman–Crippen LogP) is 4.70. The summed E-state index contributed by atoms with van der Waals surface area (Å²) in [5.74, 6) is 5.75. The van der Waals surface area contributed by atoms with Gasteiger partial charge < -0.3 is 5.11 Å². The van der Waals surface area contributed by atoms with E-state index in [0.29, 0.717) is 5.92 Å². The number of rotatable bonds is 0. The molecule has 0 aliphatic heterocycles. The zero-order chi connectivity index (χ0) is 15.5. The quantitative estimate of drug-likeness (QED) is 0.507. The van der Waals surface area contributed by atoms with Gasteiger partial charge in [0.25, 0.3) is 0 Å². The first kappa shape index (κ1) is 14.8. The Morgan fingerprint density at radius 3 is 2.73 bits per heavy atom. The van der Waals surface area contributed by atoms with Gasteiger partial charge in [0.15, 0.2) is 0 Å². The molecule has 4 rings (SSSR count). The van der Waals surface area contributed by atoms with Crippen LogP contribution in [0.4, 0.5) is 0 Å². The van der Waals surface area contributed by atoms with E-state index < -0.39 is 5.60 Å². The van der Waals surface area contributed by atoms with Gasteiger partial charge in [0, 0.05) is 5.41 Å². The number of hydrogen-bond donors (Lipinski definition) is 1. The minimum atomic E-state index is -0.858. The molecule has 0 aromatic heterocycles. The Balaban J connectivity index is 1.72. The van der Waals surface area contributed by atoms with Crippen LogP contribution in [-0.2, 0) is 0 Å². The standard InChI is InChI=1S/C21H30O/c1-4-21(22)12-10-18-19-14(2)13-15-7-5-6-8-16(15)17(19)9-11-20(18,21)3/h1,14,17-19,22H,5-13H2,2-3H3/t14-,17?,18?,19?,20+,21+/m1/s1. The van der Waals surface area contributed by atoms with E-state index in [2.05, 4.69) is 19.8 Å². The van der Waals surface area contributed by atoms with Gasteiger partial charge in [-0.15, -0.1) is 6.42 Å². The Morgan fingerprint density at radius 1 is 1.18 bits per heavy atom. The van der Waals surface area contributed by atoms with Crippen LogP contribution < -0.4 is 0 Å². The molecule has 0 heterocycles. The second kappa shape index (κ2) is 4.88. The molecule has 22 heavy (non-hydrogen) atoms. The smallest absolute Gasteiger partial charge is 0.130 e. The van der Waals surface area contributed by atoms with Gasteiger partial charge in [0.05, 0.1) is 0 Å². The monoisotopic (exact) mass is 298 g/mol. The minimum Gasteiger partial charge on any atom is -0.377 e. The van der Waals surface area contributed by atoms with Gasteiger partial charge in [-0.25, -0.2) is 0 Å².